The molecular formula is C12H13ClN2O2S. The Bertz CT molecular complexity index is 645. The van der Waals surface area contributed by atoms with Gasteiger partial charge in [-0.15, -0.1) is 0 Å². The molecule has 0 fully saturated rings. The molecule has 0 saturated heterocycles. The van der Waals surface area contributed by atoms with Crippen LogP contribution in [-0.2, 0) is 10.0 Å². The summed E-state index contributed by atoms with van der Waals surface area (Å²) >= 11 is 5.67. The van der Waals surface area contributed by atoms with Crippen LogP contribution in [-0.4, -0.2) is 17.6 Å². The van der Waals surface area contributed by atoms with Crippen molar-refractivity contribution in [1.82, 2.24) is 9.19 Å². The van der Waals surface area contributed by atoms with E-state index in [0.717, 1.165) is 9.65 Å². The third-order valence-electron chi connectivity index (χ3n) is 2.62. The molecule has 0 unspecified atom stereocenters. The summed E-state index contributed by atoms with van der Waals surface area (Å²) in [6.07, 6.45) is 2.56. The van der Waals surface area contributed by atoms with Crippen molar-refractivity contribution in [2.45, 2.75) is 24.7 Å². The fourth-order valence-corrected chi connectivity index (χ4v) is 2.86. The minimum Gasteiger partial charge on any atom is -0.199 e. The molecule has 0 N–H and O–H groups in total. The fourth-order valence-electron chi connectivity index (χ4n) is 1.55. The molecule has 0 saturated carbocycles. The smallest absolute Gasteiger partial charge is 0.199 e. The van der Waals surface area contributed by atoms with Gasteiger partial charge in [-0.2, -0.15) is 17.6 Å². The van der Waals surface area contributed by atoms with E-state index in [4.69, 9.17) is 11.6 Å². The van der Waals surface area contributed by atoms with Crippen LogP contribution in [0.2, 0.25) is 5.02 Å². The Balaban J connectivity index is 2.42. The maximum atomic E-state index is 12.2. The van der Waals surface area contributed by atoms with Crippen LogP contribution < -0.4 is 0 Å². The van der Waals surface area contributed by atoms with Crippen molar-refractivity contribution in [2.75, 3.05) is 0 Å². The second-order valence-corrected chi connectivity index (χ2v) is 6.49. The summed E-state index contributed by atoms with van der Waals surface area (Å²) in [5.74, 6) is 0.362. The molecule has 0 amide bonds. The van der Waals surface area contributed by atoms with Crippen LogP contribution in [0.1, 0.15) is 25.3 Å². The van der Waals surface area contributed by atoms with E-state index in [-0.39, 0.29) is 9.92 Å². The molecule has 1 aromatic carbocycles. The van der Waals surface area contributed by atoms with Gasteiger partial charge in [0.1, 0.15) is 0 Å². The lowest BCUT2D eigenvalue weighted by atomic mass is 10.0. The van der Waals surface area contributed by atoms with Crippen LogP contribution in [0.5, 0.6) is 0 Å². The molecular weight excluding hydrogens is 272 g/mol. The second-order valence-electron chi connectivity index (χ2n) is 4.26. The van der Waals surface area contributed by atoms with Gasteiger partial charge in [-0.05, 0) is 23.6 Å². The van der Waals surface area contributed by atoms with E-state index in [2.05, 4.69) is 18.9 Å². The van der Waals surface area contributed by atoms with E-state index in [0.29, 0.717) is 5.92 Å². The van der Waals surface area contributed by atoms with E-state index in [1.165, 1.54) is 12.4 Å². The lowest BCUT2D eigenvalue weighted by Gasteiger charge is -2.07. The fraction of sp³-hybridized carbons (Fsp3) is 0.250. The van der Waals surface area contributed by atoms with E-state index < -0.39 is 10.0 Å². The summed E-state index contributed by atoms with van der Waals surface area (Å²) in [6.45, 7) is 4.10. The van der Waals surface area contributed by atoms with Gasteiger partial charge in [0.15, 0.2) is 0 Å². The zero-order valence-corrected chi connectivity index (χ0v) is 11.6. The van der Waals surface area contributed by atoms with Crippen LogP contribution >= 0.6 is 11.6 Å². The van der Waals surface area contributed by atoms with Crippen molar-refractivity contribution in [2.24, 2.45) is 0 Å². The predicted molar refractivity (Wildman–Crippen MR) is 70.4 cm³/mol. The van der Waals surface area contributed by atoms with Crippen molar-refractivity contribution in [3.63, 3.8) is 0 Å². The summed E-state index contributed by atoms with van der Waals surface area (Å²) in [4.78, 5) is 0.201. The number of aromatic nitrogens is 2. The van der Waals surface area contributed by atoms with Crippen LogP contribution in [0.4, 0.5) is 0 Å². The Hall–Kier alpha value is -1.33. The van der Waals surface area contributed by atoms with Crippen LogP contribution in [0.25, 0.3) is 0 Å². The minimum atomic E-state index is -3.64. The zero-order valence-electron chi connectivity index (χ0n) is 10.0. The average molecular weight is 285 g/mol. The van der Waals surface area contributed by atoms with Crippen LogP contribution in [0, 0.1) is 0 Å². The molecule has 0 aliphatic heterocycles. The normalized spacial score (nSPS) is 12.0. The van der Waals surface area contributed by atoms with Crippen LogP contribution in [0.15, 0.2) is 41.6 Å². The average Bonchev–Trinajstić information content (AvgIpc) is 2.76. The van der Waals surface area contributed by atoms with Crippen LogP contribution in [0.3, 0.4) is 0 Å². The van der Waals surface area contributed by atoms with Crippen molar-refractivity contribution in [3.8, 4) is 0 Å². The number of halogens is 1. The highest BCUT2D eigenvalue weighted by Crippen LogP contribution is 2.19. The van der Waals surface area contributed by atoms with Gasteiger partial charge in [-0.25, -0.2) is 0 Å². The van der Waals surface area contributed by atoms with E-state index in [1.807, 2.05) is 12.1 Å². The quantitative estimate of drug-likeness (QED) is 0.871. The number of benzene rings is 1. The summed E-state index contributed by atoms with van der Waals surface area (Å²) in [6, 6.07) is 6.78. The molecule has 4 nitrogen and oxygen atoms in total. The topological polar surface area (TPSA) is 52.0 Å². The molecule has 18 heavy (non-hydrogen) atoms. The first-order valence-corrected chi connectivity index (χ1v) is 7.29. The van der Waals surface area contributed by atoms with Gasteiger partial charge in [-0.3, -0.25) is 0 Å². The standard InChI is InChI=1S/C12H13ClN2O2S/c1-9(2)10-3-5-12(6-4-10)18(16,17)15-8-11(13)7-14-15/h3-9H,1-2H3. The Labute approximate surface area is 111 Å². The first-order chi connectivity index (χ1) is 8.41. The number of hydrogen-bond donors (Lipinski definition) is 0. The van der Waals surface area contributed by atoms with Gasteiger partial charge in [0.05, 0.1) is 22.3 Å². The van der Waals surface area contributed by atoms with Gasteiger partial charge >= 0.3 is 0 Å². The molecule has 2 rings (SSSR count). The predicted octanol–water partition coefficient (Wildman–Crippen LogP) is 2.90. The highest BCUT2D eigenvalue weighted by Gasteiger charge is 2.17. The van der Waals surface area contributed by atoms with E-state index in [9.17, 15) is 8.42 Å². The highest BCUT2D eigenvalue weighted by atomic mass is 35.5. The lowest BCUT2D eigenvalue weighted by molar-refractivity contribution is 0.580. The third-order valence-corrected chi connectivity index (χ3v) is 4.37. The van der Waals surface area contributed by atoms with Gasteiger partial charge in [0.25, 0.3) is 10.0 Å². The van der Waals surface area contributed by atoms with Crippen molar-refractivity contribution < 1.29 is 8.42 Å². The SMILES string of the molecule is CC(C)c1ccc(S(=O)(=O)n2cc(Cl)cn2)cc1. The van der Waals surface area contributed by atoms with Gasteiger partial charge < -0.3 is 0 Å². The first-order valence-electron chi connectivity index (χ1n) is 5.47. The molecule has 0 atom stereocenters. The first kappa shape index (κ1) is 13.1. The summed E-state index contributed by atoms with van der Waals surface area (Å²) in [5.41, 5.74) is 1.09. The second kappa shape index (κ2) is 4.74. The minimum absolute atomic E-state index is 0.201. The molecule has 1 heterocycles. The number of rotatable bonds is 3. The monoisotopic (exact) mass is 284 g/mol. The molecule has 0 aliphatic rings. The molecule has 6 heteroatoms. The van der Waals surface area contributed by atoms with Gasteiger partial charge in [0, 0.05) is 0 Å². The van der Waals surface area contributed by atoms with Gasteiger partial charge in [-0.1, -0.05) is 37.6 Å². The van der Waals surface area contributed by atoms with Crippen molar-refractivity contribution in [3.05, 3.63) is 47.2 Å². The van der Waals surface area contributed by atoms with E-state index >= 15 is 0 Å². The maximum absolute atomic E-state index is 12.2. The Morgan fingerprint density at radius 2 is 1.83 bits per heavy atom. The largest absolute Gasteiger partial charge is 0.282 e. The Morgan fingerprint density at radius 3 is 2.28 bits per heavy atom. The molecule has 0 radical (unpaired) electrons. The number of nitrogens with zero attached hydrogens (tertiary/aromatic N) is 2. The molecule has 0 bridgehead atoms. The maximum Gasteiger partial charge on any atom is 0.282 e. The molecule has 96 valence electrons. The highest BCUT2D eigenvalue weighted by molar-refractivity contribution is 7.89. The van der Waals surface area contributed by atoms with Crippen molar-refractivity contribution >= 4 is 21.6 Å². The Kier molecular flexibility index (Phi) is 3.45. The molecule has 0 spiro atoms. The molecule has 2 aromatic rings. The van der Waals surface area contributed by atoms with Gasteiger partial charge in [0.2, 0.25) is 0 Å². The summed E-state index contributed by atoms with van der Waals surface area (Å²) in [7, 11) is -3.64. The lowest BCUT2D eigenvalue weighted by Crippen LogP contribution is -2.13. The van der Waals surface area contributed by atoms with Crippen molar-refractivity contribution in [1.29, 1.82) is 0 Å². The van der Waals surface area contributed by atoms with E-state index in [1.54, 1.807) is 12.1 Å². The zero-order chi connectivity index (χ0) is 13.3. The Morgan fingerprint density at radius 1 is 1.22 bits per heavy atom. The molecule has 1 aromatic heterocycles. The summed E-state index contributed by atoms with van der Waals surface area (Å²) < 4.78 is 25.2. The number of hydrogen-bond acceptors (Lipinski definition) is 3. The third kappa shape index (κ3) is 2.42. The molecule has 0 aliphatic carbocycles. The summed E-state index contributed by atoms with van der Waals surface area (Å²) in [5, 5.41) is 4.01.